The van der Waals surface area contributed by atoms with Crippen LogP contribution in [0.2, 0.25) is 0 Å². The molecule has 1 amide bonds. The number of ether oxygens (including phenoxy) is 1. The summed E-state index contributed by atoms with van der Waals surface area (Å²) in [5.41, 5.74) is 1.01. The van der Waals surface area contributed by atoms with Crippen LogP contribution in [0.3, 0.4) is 0 Å². The highest BCUT2D eigenvalue weighted by molar-refractivity contribution is 7.15. The van der Waals surface area contributed by atoms with Crippen LogP contribution < -0.4 is 4.90 Å². The van der Waals surface area contributed by atoms with Gasteiger partial charge in [-0.15, -0.1) is 10.2 Å². The number of amides is 1. The Labute approximate surface area is 126 Å². The van der Waals surface area contributed by atoms with Crippen molar-refractivity contribution in [2.75, 3.05) is 25.2 Å². The van der Waals surface area contributed by atoms with Crippen LogP contribution >= 0.6 is 11.3 Å². The van der Waals surface area contributed by atoms with E-state index in [9.17, 15) is 4.79 Å². The fourth-order valence-corrected chi connectivity index (χ4v) is 2.42. The van der Waals surface area contributed by atoms with Crippen LogP contribution in [0.4, 0.5) is 5.13 Å². The number of nitrogens with zero attached hydrogens (tertiary/aromatic N) is 4. The zero-order valence-electron chi connectivity index (χ0n) is 11.7. The average molecular weight is 302 g/mol. The quantitative estimate of drug-likeness (QED) is 0.844. The Morgan fingerprint density at radius 1 is 1.38 bits per heavy atom. The summed E-state index contributed by atoms with van der Waals surface area (Å²) >= 11 is 1.35. The number of benzene rings is 1. The van der Waals surface area contributed by atoms with Gasteiger partial charge in [0.2, 0.25) is 5.13 Å². The summed E-state index contributed by atoms with van der Waals surface area (Å²) in [6.45, 7) is 2.63. The molecule has 0 unspecified atom stereocenters. The first-order valence-electron chi connectivity index (χ1n) is 6.26. The predicted octanol–water partition coefficient (Wildman–Crippen LogP) is 2.01. The lowest BCUT2D eigenvalue weighted by molar-refractivity contribution is 0.0975. The number of carbonyl (C=O) groups is 1. The Morgan fingerprint density at radius 3 is 2.62 bits per heavy atom. The van der Waals surface area contributed by atoms with Crippen molar-refractivity contribution in [3.63, 3.8) is 0 Å². The standard InChI is InChI=1S/C14H14N4O2S/c1-10-16-17-14(21-10)18(7-8-20-2)13(19)12-5-3-11(9-15)4-6-12/h3-6H,7-8H2,1-2H3. The fraction of sp³-hybridized carbons (Fsp3) is 0.286. The Hall–Kier alpha value is -2.30. The van der Waals surface area contributed by atoms with Gasteiger partial charge < -0.3 is 4.74 Å². The molecule has 0 radical (unpaired) electrons. The number of carbonyl (C=O) groups excluding carboxylic acids is 1. The number of rotatable bonds is 5. The van der Waals surface area contributed by atoms with Gasteiger partial charge in [-0.1, -0.05) is 11.3 Å². The highest BCUT2D eigenvalue weighted by Gasteiger charge is 2.20. The molecular formula is C14H14N4O2S. The topological polar surface area (TPSA) is 79.1 Å². The summed E-state index contributed by atoms with van der Waals surface area (Å²) in [6, 6.07) is 8.53. The zero-order chi connectivity index (χ0) is 15.2. The average Bonchev–Trinajstić information content (AvgIpc) is 2.94. The number of anilines is 1. The molecule has 1 aromatic carbocycles. The van der Waals surface area contributed by atoms with Gasteiger partial charge in [-0.3, -0.25) is 9.69 Å². The molecule has 0 aliphatic heterocycles. The largest absolute Gasteiger partial charge is 0.383 e. The monoisotopic (exact) mass is 302 g/mol. The number of methoxy groups -OCH3 is 1. The summed E-state index contributed by atoms with van der Waals surface area (Å²) in [4.78, 5) is 14.1. The maximum Gasteiger partial charge on any atom is 0.260 e. The second-order valence-corrected chi connectivity index (χ2v) is 5.40. The minimum atomic E-state index is -0.187. The van der Waals surface area contributed by atoms with E-state index in [4.69, 9.17) is 10.00 Å². The molecule has 1 heterocycles. The van der Waals surface area contributed by atoms with Crippen molar-refractivity contribution in [3.8, 4) is 6.07 Å². The van der Waals surface area contributed by atoms with Crippen molar-refractivity contribution in [2.45, 2.75) is 6.92 Å². The normalized spacial score (nSPS) is 10.1. The van der Waals surface area contributed by atoms with E-state index in [1.54, 1.807) is 31.4 Å². The van der Waals surface area contributed by atoms with Gasteiger partial charge in [0.1, 0.15) is 5.01 Å². The molecule has 7 heteroatoms. The third kappa shape index (κ3) is 3.62. The third-order valence-corrected chi connectivity index (χ3v) is 3.63. The lowest BCUT2D eigenvalue weighted by atomic mass is 10.1. The van der Waals surface area contributed by atoms with Crippen molar-refractivity contribution < 1.29 is 9.53 Å². The number of hydrogen-bond acceptors (Lipinski definition) is 6. The number of aryl methyl sites for hydroxylation is 1. The molecule has 6 nitrogen and oxygen atoms in total. The van der Waals surface area contributed by atoms with Crippen LogP contribution in [-0.4, -0.2) is 36.4 Å². The van der Waals surface area contributed by atoms with Gasteiger partial charge in [-0.25, -0.2) is 0 Å². The van der Waals surface area contributed by atoms with Crippen LogP contribution in [0, 0.1) is 18.3 Å². The van der Waals surface area contributed by atoms with E-state index in [1.165, 1.54) is 16.2 Å². The van der Waals surface area contributed by atoms with E-state index < -0.39 is 0 Å². The van der Waals surface area contributed by atoms with Crippen molar-refractivity contribution in [2.24, 2.45) is 0 Å². The lowest BCUT2D eigenvalue weighted by Crippen LogP contribution is -2.33. The zero-order valence-corrected chi connectivity index (χ0v) is 12.6. The Kier molecular flexibility index (Phi) is 4.98. The summed E-state index contributed by atoms with van der Waals surface area (Å²) in [5.74, 6) is -0.187. The lowest BCUT2D eigenvalue weighted by Gasteiger charge is -2.18. The van der Waals surface area contributed by atoms with Crippen LogP contribution in [0.25, 0.3) is 0 Å². The van der Waals surface area contributed by atoms with Gasteiger partial charge in [-0.05, 0) is 31.2 Å². The minimum Gasteiger partial charge on any atom is -0.383 e. The Balaban J connectivity index is 2.26. The summed E-state index contributed by atoms with van der Waals surface area (Å²) < 4.78 is 5.04. The van der Waals surface area contributed by atoms with E-state index >= 15 is 0 Å². The van der Waals surface area contributed by atoms with Crippen LogP contribution in [-0.2, 0) is 4.74 Å². The molecule has 0 fully saturated rings. The molecule has 0 bridgehead atoms. The first-order valence-corrected chi connectivity index (χ1v) is 7.08. The van der Waals surface area contributed by atoms with Crippen LogP contribution in [0.15, 0.2) is 24.3 Å². The maximum atomic E-state index is 12.6. The van der Waals surface area contributed by atoms with Crippen molar-refractivity contribution >= 4 is 22.4 Å². The number of hydrogen-bond donors (Lipinski definition) is 0. The number of nitriles is 1. The fourth-order valence-electron chi connectivity index (χ4n) is 1.71. The molecule has 0 aliphatic carbocycles. The molecule has 2 rings (SSSR count). The highest BCUT2D eigenvalue weighted by atomic mass is 32.1. The first kappa shape index (κ1) is 15.1. The molecule has 0 aliphatic rings. The molecule has 0 N–H and O–H groups in total. The van der Waals surface area contributed by atoms with Gasteiger partial charge in [0, 0.05) is 12.7 Å². The number of aromatic nitrogens is 2. The Bertz CT molecular complexity index is 660. The van der Waals surface area contributed by atoms with E-state index in [1.807, 2.05) is 13.0 Å². The maximum absolute atomic E-state index is 12.6. The van der Waals surface area contributed by atoms with Crippen LogP contribution in [0.1, 0.15) is 20.9 Å². The van der Waals surface area contributed by atoms with Crippen LogP contribution in [0.5, 0.6) is 0 Å². The van der Waals surface area contributed by atoms with E-state index in [0.717, 1.165) is 5.01 Å². The smallest absolute Gasteiger partial charge is 0.260 e. The second kappa shape index (κ2) is 6.92. The first-order chi connectivity index (χ1) is 10.2. The summed E-state index contributed by atoms with van der Waals surface area (Å²) in [5, 5.41) is 18.1. The van der Waals surface area contributed by atoms with Crippen molar-refractivity contribution in [1.82, 2.24) is 10.2 Å². The molecule has 21 heavy (non-hydrogen) atoms. The molecule has 0 spiro atoms. The van der Waals surface area contributed by atoms with E-state index in [0.29, 0.717) is 29.4 Å². The van der Waals surface area contributed by atoms with Crippen molar-refractivity contribution in [3.05, 3.63) is 40.4 Å². The van der Waals surface area contributed by atoms with Gasteiger partial charge in [0.15, 0.2) is 0 Å². The summed E-state index contributed by atoms with van der Waals surface area (Å²) in [7, 11) is 1.58. The Morgan fingerprint density at radius 2 is 2.10 bits per heavy atom. The minimum absolute atomic E-state index is 0.187. The van der Waals surface area contributed by atoms with Gasteiger partial charge in [-0.2, -0.15) is 5.26 Å². The van der Waals surface area contributed by atoms with Gasteiger partial charge in [0.25, 0.3) is 5.91 Å². The predicted molar refractivity (Wildman–Crippen MR) is 79.4 cm³/mol. The SMILES string of the molecule is COCCN(C(=O)c1ccc(C#N)cc1)c1nnc(C)s1. The van der Waals surface area contributed by atoms with Gasteiger partial charge >= 0.3 is 0 Å². The van der Waals surface area contributed by atoms with E-state index in [-0.39, 0.29) is 5.91 Å². The molecule has 0 saturated carbocycles. The molecule has 2 aromatic rings. The molecule has 108 valence electrons. The summed E-state index contributed by atoms with van der Waals surface area (Å²) in [6.07, 6.45) is 0. The van der Waals surface area contributed by atoms with Gasteiger partial charge in [0.05, 0.1) is 24.8 Å². The second-order valence-electron chi connectivity index (χ2n) is 4.24. The van der Waals surface area contributed by atoms with E-state index in [2.05, 4.69) is 10.2 Å². The van der Waals surface area contributed by atoms with Crippen molar-refractivity contribution in [1.29, 1.82) is 5.26 Å². The highest BCUT2D eigenvalue weighted by Crippen LogP contribution is 2.21. The molecule has 1 aromatic heterocycles. The molecular weight excluding hydrogens is 288 g/mol. The molecule has 0 atom stereocenters. The third-order valence-electron chi connectivity index (χ3n) is 2.77. The molecule has 0 saturated heterocycles.